The number of furan rings is 1. The lowest BCUT2D eigenvalue weighted by molar-refractivity contribution is -0.126. The molecule has 2 aromatic rings. The number of carbonyl (C=O) groups excluding carboxylic acids is 1. The molecule has 22 heavy (non-hydrogen) atoms. The summed E-state index contributed by atoms with van der Waals surface area (Å²) in [5.74, 6) is 0.178. The van der Waals surface area contributed by atoms with Crippen LogP contribution in [0.3, 0.4) is 0 Å². The molecule has 0 radical (unpaired) electrons. The fraction of sp³-hybridized carbons (Fsp3) is 0.294. The van der Waals surface area contributed by atoms with Gasteiger partial charge in [0.15, 0.2) is 0 Å². The lowest BCUT2D eigenvalue weighted by atomic mass is 9.83. The average molecular weight is 298 g/mol. The number of amides is 1. The van der Waals surface area contributed by atoms with E-state index in [-0.39, 0.29) is 12.5 Å². The van der Waals surface area contributed by atoms with E-state index in [4.69, 9.17) is 9.68 Å². The minimum absolute atomic E-state index is 0.0632. The van der Waals surface area contributed by atoms with Crippen molar-refractivity contribution in [1.82, 2.24) is 5.32 Å². The molecular formula is C17H18N2O3. The first-order valence-corrected chi connectivity index (χ1v) is 6.95. The van der Waals surface area contributed by atoms with Crippen molar-refractivity contribution in [3.05, 3.63) is 59.5 Å². The van der Waals surface area contributed by atoms with Gasteiger partial charge >= 0.3 is 0 Å². The monoisotopic (exact) mass is 298 g/mol. The normalized spacial score (nSPS) is 12.5. The van der Waals surface area contributed by atoms with E-state index in [0.29, 0.717) is 11.3 Å². The Balaban J connectivity index is 2.05. The SMILES string of the molecule is CC(C)(C(=O)NCC(O)c1ccco1)c1cccc(C#N)c1. The number of rotatable bonds is 5. The Kier molecular flexibility index (Phi) is 4.64. The highest BCUT2D eigenvalue weighted by Crippen LogP contribution is 2.24. The molecule has 2 N–H and O–H groups in total. The molecule has 0 saturated carbocycles. The fourth-order valence-corrected chi connectivity index (χ4v) is 2.10. The van der Waals surface area contributed by atoms with Crippen LogP contribution in [0.5, 0.6) is 0 Å². The number of aliphatic hydroxyl groups is 1. The molecule has 5 heteroatoms. The van der Waals surface area contributed by atoms with Gasteiger partial charge in [-0.3, -0.25) is 4.79 Å². The maximum absolute atomic E-state index is 12.4. The van der Waals surface area contributed by atoms with Crippen LogP contribution in [0.4, 0.5) is 0 Å². The molecule has 0 aliphatic carbocycles. The quantitative estimate of drug-likeness (QED) is 0.886. The molecule has 1 aromatic heterocycles. The zero-order chi connectivity index (χ0) is 16.2. The second-order valence-corrected chi connectivity index (χ2v) is 5.56. The summed E-state index contributed by atoms with van der Waals surface area (Å²) in [4.78, 5) is 12.4. The summed E-state index contributed by atoms with van der Waals surface area (Å²) in [5.41, 5.74) is 0.445. The number of nitriles is 1. The van der Waals surface area contributed by atoms with Gasteiger partial charge in [0.05, 0.1) is 29.9 Å². The van der Waals surface area contributed by atoms with E-state index < -0.39 is 11.5 Å². The van der Waals surface area contributed by atoms with Gasteiger partial charge < -0.3 is 14.8 Å². The lowest BCUT2D eigenvalue weighted by Crippen LogP contribution is -2.41. The Morgan fingerprint density at radius 2 is 2.18 bits per heavy atom. The van der Waals surface area contributed by atoms with Crippen molar-refractivity contribution in [2.45, 2.75) is 25.4 Å². The predicted octanol–water partition coefficient (Wildman–Crippen LogP) is 2.28. The highest BCUT2D eigenvalue weighted by Gasteiger charge is 2.30. The molecule has 0 spiro atoms. The van der Waals surface area contributed by atoms with Gasteiger partial charge in [0.1, 0.15) is 11.9 Å². The third kappa shape index (κ3) is 3.35. The third-order valence-electron chi connectivity index (χ3n) is 3.61. The van der Waals surface area contributed by atoms with Crippen LogP contribution in [-0.2, 0) is 10.2 Å². The topological polar surface area (TPSA) is 86.3 Å². The van der Waals surface area contributed by atoms with E-state index in [0.717, 1.165) is 5.56 Å². The second-order valence-electron chi connectivity index (χ2n) is 5.56. The van der Waals surface area contributed by atoms with Gasteiger partial charge in [0.2, 0.25) is 5.91 Å². The molecule has 1 heterocycles. The summed E-state index contributed by atoms with van der Waals surface area (Å²) in [6.07, 6.45) is 0.581. The molecule has 0 aliphatic rings. The van der Waals surface area contributed by atoms with Crippen LogP contribution in [0.2, 0.25) is 0 Å². The fourth-order valence-electron chi connectivity index (χ4n) is 2.10. The summed E-state index contributed by atoms with van der Waals surface area (Å²) in [7, 11) is 0. The lowest BCUT2D eigenvalue weighted by Gasteiger charge is -2.25. The number of aliphatic hydroxyl groups excluding tert-OH is 1. The Morgan fingerprint density at radius 1 is 1.41 bits per heavy atom. The summed E-state index contributed by atoms with van der Waals surface area (Å²) in [6.45, 7) is 3.61. The van der Waals surface area contributed by atoms with Crippen LogP contribution in [0.15, 0.2) is 47.1 Å². The Labute approximate surface area is 129 Å². The van der Waals surface area contributed by atoms with Gasteiger partial charge in [0, 0.05) is 0 Å². The maximum atomic E-state index is 12.4. The van der Waals surface area contributed by atoms with Gasteiger partial charge in [-0.05, 0) is 43.7 Å². The zero-order valence-corrected chi connectivity index (χ0v) is 12.5. The largest absolute Gasteiger partial charge is 0.467 e. The Morgan fingerprint density at radius 3 is 2.82 bits per heavy atom. The smallest absolute Gasteiger partial charge is 0.230 e. The van der Waals surface area contributed by atoms with Crippen LogP contribution in [0, 0.1) is 11.3 Å². The Bertz CT molecular complexity index is 684. The number of carbonyl (C=O) groups is 1. The van der Waals surface area contributed by atoms with Gasteiger partial charge in [0.25, 0.3) is 0 Å². The second kappa shape index (κ2) is 6.46. The average Bonchev–Trinajstić information content (AvgIpc) is 3.06. The number of nitrogens with one attached hydrogen (secondary N) is 1. The summed E-state index contributed by atoms with van der Waals surface area (Å²) >= 11 is 0. The molecule has 1 unspecified atom stereocenters. The molecule has 1 atom stereocenters. The van der Waals surface area contributed by atoms with Crippen molar-refractivity contribution in [2.24, 2.45) is 0 Å². The molecule has 0 fully saturated rings. The molecule has 0 aliphatic heterocycles. The van der Waals surface area contributed by atoms with E-state index in [1.165, 1.54) is 6.26 Å². The van der Waals surface area contributed by atoms with Crippen molar-refractivity contribution in [1.29, 1.82) is 5.26 Å². The van der Waals surface area contributed by atoms with Crippen LogP contribution in [-0.4, -0.2) is 17.6 Å². The first-order chi connectivity index (χ1) is 10.4. The number of hydrogen-bond donors (Lipinski definition) is 2. The van der Waals surface area contributed by atoms with Crippen LogP contribution in [0.1, 0.15) is 36.8 Å². The van der Waals surface area contributed by atoms with Gasteiger partial charge in [-0.25, -0.2) is 0 Å². The van der Waals surface area contributed by atoms with E-state index in [1.807, 2.05) is 6.07 Å². The maximum Gasteiger partial charge on any atom is 0.230 e. The molecule has 0 saturated heterocycles. The Hall–Kier alpha value is -2.58. The van der Waals surface area contributed by atoms with E-state index in [1.54, 1.807) is 44.2 Å². The third-order valence-corrected chi connectivity index (χ3v) is 3.61. The first kappa shape index (κ1) is 15.8. The zero-order valence-electron chi connectivity index (χ0n) is 12.5. The number of hydrogen-bond acceptors (Lipinski definition) is 4. The van der Waals surface area contributed by atoms with Crippen LogP contribution >= 0.6 is 0 Å². The molecule has 0 bridgehead atoms. The van der Waals surface area contributed by atoms with Crippen LogP contribution < -0.4 is 5.32 Å². The molecule has 2 rings (SSSR count). The number of benzene rings is 1. The first-order valence-electron chi connectivity index (χ1n) is 6.95. The highest BCUT2D eigenvalue weighted by molar-refractivity contribution is 5.87. The van der Waals surface area contributed by atoms with Gasteiger partial charge in [-0.2, -0.15) is 5.26 Å². The molecule has 114 valence electrons. The molecule has 1 amide bonds. The summed E-state index contributed by atoms with van der Waals surface area (Å²) < 4.78 is 5.09. The van der Waals surface area contributed by atoms with Crippen molar-refractivity contribution in [3.8, 4) is 6.07 Å². The highest BCUT2D eigenvalue weighted by atomic mass is 16.4. The molecule has 5 nitrogen and oxygen atoms in total. The minimum atomic E-state index is -0.889. The minimum Gasteiger partial charge on any atom is -0.467 e. The van der Waals surface area contributed by atoms with Gasteiger partial charge in [-0.1, -0.05) is 12.1 Å². The van der Waals surface area contributed by atoms with E-state index in [9.17, 15) is 9.90 Å². The van der Waals surface area contributed by atoms with Crippen molar-refractivity contribution >= 4 is 5.91 Å². The standard InChI is InChI=1S/C17H18N2O3/c1-17(2,13-6-3-5-12(9-13)10-18)16(21)19-11-14(20)15-7-4-8-22-15/h3-9,14,20H,11H2,1-2H3,(H,19,21). The molecule has 1 aromatic carbocycles. The van der Waals surface area contributed by atoms with Crippen molar-refractivity contribution in [3.63, 3.8) is 0 Å². The summed E-state index contributed by atoms with van der Waals surface area (Å²) in [6, 6.07) is 12.3. The molecular weight excluding hydrogens is 280 g/mol. The van der Waals surface area contributed by atoms with Crippen molar-refractivity contribution < 1.29 is 14.3 Å². The van der Waals surface area contributed by atoms with Gasteiger partial charge in [-0.15, -0.1) is 0 Å². The number of nitrogens with zero attached hydrogens (tertiary/aromatic N) is 1. The van der Waals surface area contributed by atoms with Crippen LogP contribution in [0.25, 0.3) is 0 Å². The van der Waals surface area contributed by atoms with Crippen molar-refractivity contribution in [2.75, 3.05) is 6.54 Å². The summed E-state index contributed by atoms with van der Waals surface area (Å²) in [5, 5.41) is 21.6. The predicted molar refractivity (Wildman–Crippen MR) is 80.9 cm³/mol. The van der Waals surface area contributed by atoms with E-state index >= 15 is 0 Å². The van der Waals surface area contributed by atoms with E-state index in [2.05, 4.69) is 11.4 Å².